The molecule has 0 amide bonds. The Labute approximate surface area is 148 Å². The van der Waals surface area contributed by atoms with E-state index < -0.39 is 0 Å². The summed E-state index contributed by atoms with van der Waals surface area (Å²) in [6.45, 7) is 6.38. The highest BCUT2D eigenvalue weighted by atomic mass is 32.2. The number of guanidine groups is 1. The van der Waals surface area contributed by atoms with Gasteiger partial charge in [-0.3, -0.25) is 4.99 Å². The number of thioether (sulfide) groups is 1. The zero-order valence-electron chi connectivity index (χ0n) is 14.9. The van der Waals surface area contributed by atoms with E-state index in [1.54, 1.807) is 0 Å². The summed E-state index contributed by atoms with van der Waals surface area (Å²) in [5.74, 6) is 2.18. The number of rotatable bonds is 5. The summed E-state index contributed by atoms with van der Waals surface area (Å²) >= 11 is 2.07. The second-order valence-electron chi connectivity index (χ2n) is 6.82. The molecule has 1 aliphatic heterocycles. The first kappa shape index (κ1) is 17.2. The average molecular weight is 345 g/mol. The second kappa shape index (κ2) is 7.51. The van der Waals surface area contributed by atoms with Gasteiger partial charge in [0.05, 0.1) is 0 Å². The molecule has 0 spiro atoms. The van der Waals surface area contributed by atoms with E-state index in [1.807, 2.05) is 7.05 Å². The average Bonchev–Trinajstić information content (AvgIpc) is 3.19. The number of benzene rings is 1. The van der Waals surface area contributed by atoms with Gasteiger partial charge in [-0.05, 0) is 56.1 Å². The first-order valence-electron chi connectivity index (χ1n) is 8.75. The van der Waals surface area contributed by atoms with Crippen LogP contribution in [0, 0.1) is 6.92 Å². The first-order valence-corrected chi connectivity index (χ1v) is 9.74. The van der Waals surface area contributed by atoms with Crippen LogP contribution in [-0.4, -0.2) is 41.6 Å². The Bertz CT molecular complexity index is 713. The molecule has 1 saturated heterocycles. The van der Waals surface area contributed by atoms with Gasteiger partial charge in [-0.15, -0.1) is 0 Å². The molecule has 1 aromatic carbocycles. The molecule has 0 aliphatic carbocycles. The summed E-state index contributed by atoms with van der Waals surface area (Å²) < 4.78 is 0.353. The van der Waals surface area contributed by atoms with E-state index in [-0.39, 0.29) is 0 Å². The molecule has 24 heavy (non-hydrogen) atoms. The summed E-state index contributed by atoms with van der Waals surface area (Å²) in [7, 11) is 1.84. The summed E-state index contributed by atoms with van der Waals surface area (Å²) in [6, 6.07) is 6.41. The summed E-state index contributed by atoms with van der Waals surface area (Å²) in [4.78, 5) is 7.73. The standard InChI is InChI=1S/C19H28N4S/c1-14-6-4-7-16-17(14)15(12-22-16)8-10-21-18(20-3)23-13-19(2)9-5-11-24-19/h4,6-7,12,22H,5,8-11,13H2,1-3H3,(H2,20,21,23). The predicted molar refractivity (Wildman–Crippen MR) is 106 cm³/mol. The molecule has 3 N–H and O–H groups in total. The van der Waals surface area contributed by atoms with E-state index in [0.717, 1.165) is 25.5 Å². The van der Waals surface area contributed by atoms with Gasteiger partial charge in [-0.2, -0.15) is 11.8 Å². The fourth-order valence-corrected chi connectivity index (χ4v) is 4.68. The number of nitrogens with one attached hydrogen (secondary N) is 3. The van der Waals surface area contributed by atoms with Gasteiger partial charge in [0.15, 0.2) is 5.96 Å². The van der Waals surface area contributed by atoms with Crippen LogP contribution in [0.5, 0.6) is 0 Å². The highest BCUT2D eigenvalue weighted by molar-refractivity contribution is 8.00. The SMILES string of the molecule is CN=C(NCCc1c[nH]c2cccc(C)c12)NCC1(C)CCCS1. The number of hydrogen-bond acceptors (Lipinski definition) is 2. The van der Waals surface area contributed by atoms with Gasteiger partial charge in [0.1, 0.15) is 0 Å². The number of H-pyrrole nitrogens is 1. The van der Waals surface area contributed by atoms with Crippen LogP contribution in [-0.2, 0) is 6.42 Å². The van der Waals surface area contributed by atoms with Crippen LogP contribution in [0.2, 0.25) is 0 Å². The normalized spacial score (nSPS) is 21.4. The lowest BCUT2D eigenvalue weighted by Crippen LogP contribution is -2.44. The minimum atomic E-state index is 0.353. The maximum absolute atomic E-state index is 4.36. The number of hydrogen-bond donors (Lipinski definition) is 3. The van der Waals surface area contributed by atoms with Crippen molar-refractivity contribution in [1.82, 2.24) is 15.6 Å². The Balaban J connectivity index is 1.52. The molecular formula is C19H28N4S. The van der Waals surface area contributed by atoms with Gasteiger partial charge in [0.2, 0.25) is 0 Å². The molecule has 130 valence electrons. The fourth-order valence-electron chi connectivity index (χ4n) is 3.43. The van der Waals surface area contributed by atoms with E-state index in [9.17, 15) is 0 Å². The molecule has 2 heterocycles. The van der Waals surface area contributed by atoms with Crippen LogP contribution in [0.25, 0.3) is 10.9 Å². The molecular weight excluding hydrogens is 316 g/mol. The molecule has 0 saturated carbocycles. The van der Waals surface area contributed by atoms with Crippen molar-refractivity contribution < 1.29 is 0 Å². The maximum atomic E-state index is 4.36. The van der Waals surface area contributed by atoms with Gasteiger partial charge in [-0.1, -0.05) is 12.1 Å². The third kappa shape index (κ3) is 3.89. The van der Waals surface area contributed by atoms with Crippen molar-refractivity contribution in [2.45, 2.75) is 37.9 Å². The van der Waals surface area contributed by atoms with Crippen molar-refractivity contribution in [3.63, 3.8) is 0 Å². The van der Waals surface area contributed by atoms with Crippen molar-refractivity contribution >= 4 is 28.6 Å². The Kier molecular flexibility index (Phi) is 5.39. The Hall–Kier alpha value is -1.62. The number of nitrogens with zero attached hydrogens (tertiary/aromatic N) is 1. The largest absolute Gasteiger partial charge is 0.361 e. The molecule has 1 aliphatic rings. The molecule has 1 fully saturated rings. The van der Waals surface area contributed by atoms with Crippen molar-refractivity contribution in [2.75, 3.05) is 25.9 Å². The monoisotopic (exact) mass is 344 g/mol. The number of aliphatic imine (C=N–C) groups is 1. The van der Waals surface area contributed by atoms with E-state index in [4.69, 9.17) is 0 Å². The molecule has 1 atom stereocenters. The lowest BCUT2D eigenvalue weighted by molar-refractivity contribution is 0.584. The van der Waals surface area contributed by atoms with E-state index in [0.29, 0.717) is 4.75 Å². The van der Waals surface area contributed by atoms with Crippen molar-refractivity contribution in [2.24, 2.45) is 4.99 Å². The van der Waals surface area contributed by atoms with E-state index in [2.05, 4.69) is 70.6 Å². The predicted octanol–water partition coefficient (Wildman–Crippen LogP) is 3.47. The van der Waals surface area contributed by atoms with Crippen LogP contribution in [0.3, 0.4) is 0 Å². The first-order chi connectivity index (χ1) is 11.6. The Morgan fingerprint density at radius 2 is 2.25 bits per heavy atom. The van der Waals surface area contributed by atoms with Crippen LogP contribution in [0.4, 0.5) is 0 Å². The molecule has 0 bridgehead atoms. The highest BCUT2D eigenvalue weighted by Crippen LogP contribution is 2.36. The van der Waals surface area contributed by atoms with E-state index >= 15 is 0 Å². The maximum Gasteiger partial charge on any atom is 0.191 e. The number of aromatic amines is 1. The smallest absolute Gasteiger partial charge is 0.191 e. The minimum Gasteiger partial charge on any atom is -0.361 e. The van der Waals surface area contributed by atoms with Gasteiger partial charge in [-0.25, -0.2) is 0 Å². The second-order valence-corrected chi connectivity index (χ2v) is 8.50. The summed E-state index contributed by atoms with van der Waals surface area (Å²) in [6.07, 6.45) is 5.73. The zero-order valence-corrected chi connectivity index (χ0v) is 15.7. The van der Waals surface area contributed by atoms with Crippen LogP contribution in [0.15, 0.2) is 29.4 Å². The molecule has 5 heteroatoms. The van der Waals surface area contributed by atoms with Gasteiger partial charge >= 0.3 is 0 Å². The molecule has 1 aromatic heterocycles. The van der Waals surface area contributed by atoms with Crippen molar-refractivity contribution in [3.05, 3.63) is 35.5 Å². The fraction of sp³-hybridized carbons (Fsp3) is 0.526. The van der Waals surface area contributed by atoms with Crippen LogP contribution >= 0.6 is 11.8 Å². The van der Waals surface area contributed by atoms with Crippen molar-refractivity contribution in [1.29, 1.82) is 0 Å². The van der Waals surface area contributed by atoms with Crippen LogP contribution in [0.1, 0.15) is 30.9 Å². The molecule has 2 aromatic rings. The number of aromatic nitrogens is 1. The summed E-state index contributed by atoms with van der Waals surface area (Å²) in [5, 5.41) is 8.30. The van der Waals surface area contributed by atoms with Gasteiger partial charge < -0.3 is 15.6 Å². The van der Waals surface area contributed by atoms with Crippen molar-refractivity contribution in [3.8, 4) is 0 Å². The number of aryl methyl sites for hydroxylation is 1. The molecule has 3 rings (SSSR count). The third-order valence-corrected chi connectivity index (χ3v) is 6.37. The van der Waals surface area contributed by atoms with Gasteiger partial charge in [0, 0.05) is 42.0 Å². The molecule has 0 radical (unpaired) electrons. The lowest BCUT2D eigenvalue weighted by atomic mass is 10.1. The summed E-state index contributed by atoms with van der Waals surface area (Å²) in [5.41, 5.74) is 3.92. The number of fused-ring (bicyclic) bond motifs is 1. The Morgan fingerprint density at radius 3 is 3.00 bits per heavy atom. The minimum absolute atomic E-state index is 0.353. The van der Waals surface area contributed by atoms with Gasteiger partial charge in [0.25, 0.3) is 0 Å². The highest BCUT2D eigenvalue weighted by Gasteiger charge is 2.29. The lowest BCUT2D eigenvalue weighted by Gasteiger charge is -2.24. The molecule has 4 nitrogen and oxygen atoms in total. The molecule has 1 unspecified atom stereocenters. The Morgan fingerprint density at radius 1 is 1.38 bits per heavy atom. The van der Waals surface area contributed by atoms with E-state index in [1.165, 1.54) is 40.6 Å². The third-order valence-electron chi connectivity index (χ3n) is 4.84. The quantitative estimate of drug-likeness (QED) is 0.575. The van der Waals surface area contributed by atoms with Crippen LogP contribution < -0.4 is 10.6 Å². The topological polar surface area (TPSA) is 52.2 Å². The zero-order chi connectivity index (χ0) is 17.0.